The van der Waals surface area contributed by atoms with Gasteiger partial charge in [0.25, 0.3) is 0 Å². The van der Waals surface area contributed by atoms with Crippen molar-refractivity contribution in [2.24, 2.45) is 0 Å². The maximum absolute atomic E-state index is 3.51. The smallest absolute Gasteiger partial charge is 0.00360 e. The Morgan fingerprint density at radius 2 is 1.67 bits per heavy atom. The molecule has 0 spiro atoms. The second kappa shape index (κ2) is 9.05. The zero-order valence-corrected chi connectivity index (χ0v) is 9.03. The quantitative estimate of drug-likeness (QED) is 0.552. The van der Waals surface area contributed by atoms with Crippen LogP contribution in [0.3, 0.4) is 0 Å². The third-order valence-corrected chi connectivity index (χ3v) is 2.39. The Morgan fingerprint density at radius 3 is 2.25 bits per heavy atom. The first-order valence-corrected chi connectivity index (χ1v) is 5.54. The van der Waals surface area contributed by atoms with E-state index in [4.69, 9.17) is 0 Å². The molecule has 0 amide bonds. The molecule has 0 aliphatic carbocycles. The van der Waals surface area contributed by atoms with Crippen LogP contribution in [0.25, 0.3) is 0 Å². The molecule has 1 unspecified atom stereocenters. The van der Waals surface area contributed by atoms with E-state index >= 15 is 0 Å². The van der Waals surface area contributed by atoms with E-state index < -0.39 is 0 Å². The molecule has 74 valence electrons. The summed E-state index contributed by atoms with van der Waals surface area (Å²) in [5.74, 6) is 0. The van der Waals surface area contributed by atoms with Crippen molar-refractivity contribution in [3.8, 4) is 0 Å². The molecule has 0 radical (unpaired) electrons. The molecule has 0 aromatic rings. The summed E-state index contributed by atoms with van der Waals surface area (Å²) in [5.41, 5.74) is 0. The molecule has 0 saturated carbocycles. The van der Waals surface area contributed by atoms with Crippen molar-refractivity contribution in [2.45, 2.75) is 65.3 Å². The third-order valence-electron chi connectivity index (χ3n) is 2.39. The van der Waals surface area contributed by atoms with Gasteiger partial charge in [0.15, 0.2) is 0 Å². The van der Waals surface area contributed by atoms with E-state index in [0.29, 0.717) is 6.04 Å². The highest BCUT2D eigenvalue weighted by atomic mass is 14.9. The number of rotatable bonds is 8. The SMILES string of the molecule is CCCCCCCNC(C)CC. The summed E-state index contributed by atoms with van der Waals surface area (Å²) in [6, 6.07) is 0.705. The van der Waals surface area contributed by atoms with Crippen molar-refractivity contribution in [1.29, 1.82) is 0 Å². The van der Waals surface area contributed by atoms with Crippen molar-refractivity contribution in [3.05, 3.63) is 0 Å². The molecule has 1 heteroatoms. The van der Waals surface area contributed by atoms with Crippen molar-refractivity contribution in [2.75, 3.05) is 6.54 Å². The normalized spacial score (nSPS) is 13.2. The highest BCUT2D eigenvalue weighted by molar-refractivity contribution is 4.57. The van der Waals surface area contributed by atoms with Gasteiger partial charge < -0.3 is 5.32 Å². The lowest BCUT2D eigenvalue weighted by Gasteiger charge is -2.10. The topological polar surface area (TPSA) is 12.0 Å². The molecule has 1 N–H and O–H groups in total. The summed E-state index contributed by atoms with van der Waals surface area (Å²) >= 11 is 0. The Balaban J connectivity index is 2.90. The van der Waals surface area contributed by atoms with Gasteiger partial charge in [0, 0.05) is 6.04 Å². The number of unbranched alkanes of at least 4 members (excludes halogenated alkanes) is 4. The van der Waals surface area contributed by atoms with E-state index in [2.05, 4.69) is 26.1 Å². The van der Waals surface area contributed by atoms with Crippen molar-refractivity contribution in [3.63, 3.8) is 0 Å². The van der Waals surface area contributed by atoms with Crippen LogP contribution in [-0.2, 0) is 0 Å². The highest BCUT2D eigenvalue weighted by Gasteiger charge is 1.95. The Morgan fingerprint density at radius 1 is 1.00 bits per heavy atom. The van der Waals surface area contributed by atoms with Crippen LogP contribution in [-0.4, -0.2) is 12.6 Å². The Kier molecular flexibility index (Phi) is 9.02. The molecular formula is C11H25N. The predicted octanol–water partition coefficient (Wildman–Crippen LogP) is 3.34. The lowest BCUT2D eigenvalue weighted by molar-refractivity contribution is 0.506. The minimum Gasteiger partial charge on any atom is -0.314 e. The fourth-order valence-electron chi connectivity index (χ4n) is 1.22. The number of hydrogen-bond acceptors (Lipinski definition) is 1. The Hall–Kier alpha value is -0.0400. The molecule has 0 fully saturated rings. The van der Waals surface area contributed by atoms with Gasteiger partial charge in [-0.2, -0.15) is 0 Å². The second-order valence-corrected chi connectivity index (χ2v) is 3.68. The Bertz CT molecular complexity index is 81.1. The van der Waals surface area contributed by atoms with Crippen molar-refractivity contribution in [1.82, 2.24) is 5.32 Å². The molecule has 1 nitrogen and oxygen atoms in total. The van der Waals surface area contributed by atoms with Crippen LogP contribution in [0.1, 0.15) is 59.3 Å². The molecule has 0 aromatic carbocycles. The van der Waals surface area contributed by atoms with Gasteiger partial charge in [0.2, 0.25) is 0 Å². The summed E-state index contributed by atoms with van der Waals surface area (Å²) in [7, 11) is 0. The van der Waals surface area contributed by atoms with Crippen LogP contribution >= 0.6 is 0 Å². The molecular weight excluding hydrogens is 146 g/mol. The van der Waals surface area contributed by atoms with E-state index in [9.17, 15) is 0 Å². The summed E-state index contributed by atoms with van der Waals surface area (Å²) in [6.07, 6.45) is 8.16. The standard InChI is InChI=1S/C11H25N/c1-4-6-7-8-9-10-12-11(3)5-2/h11-12H,4-10H2,1-3H3. The van der Waals surface area contributed by atoms with Gasteiger partial charge in [0.05, 0.1) is 0 Å². The molecule has 1 atom stereocenters. The maximum Gasteiger partial charge on any atom is 0.00360 e. The van der Waals surface area contributed by atoms with Crippen LogP contribution in [0.5, 0.6) is 0 Å². The molecule has 0 saturated heterocycles. The van der Waals surface area contributed by atoms with E-state index in [-0.39, 0.29) is 0 Å². The van der Waals surface area contributed by atoms with Gasteiger partial charge in [-0.15, -0.1) is 0 Å². The molecule has 0 aromatic heterocycles. The first-order valence-electron chi connectivity index (χ1n) is 5.54. The Labute approximate surface area is 77.9 Å². The largest absolute Gasteiger partial charge is 0.314 e. The highest BCUT2D eigenvalue weighted by Crippen LogP contribution is 2.01. The predicted molar refractivity (Wildman–Crippen MR) is 56.5 cm³/mol. The molecule has 12 heavy (non-hydrogen) atoms. The van der Waals surface area contributed by atoms with Gasteiger partial charge in [-0.1, -0.05) is 39.5 Å². The number of hydrogen-bond donors (Lipinski definition) is 1. The molecule has 0 heterocycles. The van der Waals surface area contributed by atoms with Crippen LogP contribution in [0.4, 0.5) is 0 Å². The molecule has 0 bridgehead atoms. The number of nitrogens with one attached hydrogen (secondary N) is 1. The summed E-state index contributed by atoms with van der Waals surface area (Å²) in [4.78, 5) is 0. The van der Waals surface area contributed by atoms with Crippen molar-refractivity contribution >= 4 is 0 Å². The fraction of sp³-hybridized carbons (Fsp3) is 1.00. The van der Waals surface area contributed by atoms with Crippen LogP contribution in [0.15, 0.2) is 0 Å². The van der Waals surface area contributed by atoms with E-state index in [1.807, 2.05) is 0 Å². The van der Waals surface area contributed by atoms with Crippen LogP contribution in [0, 0.1) is 0 Å². The third kappa shape index (κ3) is 8.06. The second-order valence-electron chi connectivity index (χ2n) is 3.68. The van der Waals surface area contributed by atoms with Gasteiger partial charge in [0.1, 0.15) is 0 Å². The zero-order chi connectivity index (χ0) is 9.23. The first-order chi connectivity index (χ1) is 5.81. The first kappa shape index (κ1) is 12.0. The van der Waals surface area contributed by atoms with Crippen molar-refractivity contribution < 1.29 is 0 Å². The van der Waals surface area contributed by atoms with Gasteiger partial charge >= 0.3 is 0 Å². The van der Waals surface area contributed by atoms with E-state index in [1.165, 1.54) is 45.1 Å². The van der Waals surface area contributed by atoms with Crippen LogP contribution < -0.4 is 5.32 Å². The monoisotopic (exact) mass is 171 g/mol. The lowest BCUT2D eigenvalue weighted by Crippen LogP contribution is -2.25. The van der Waals surface area contributed by atoms with Gasteiger partial charge in [-0.25, -0.2) is 0 Å². The fourth-order valence-corrected chi connectivity index (χ4v) is 1.22. The minimum absolute atomic E-state index is 0.705. The van der Waals surface area contributed by atoms with Gasteiger partial charge in [-0.3, -0.25) is 0 Å². The summed E-state index contributed by atoms with van der Waals surface area (Å²) < 4.78 is 0. The maximum atomic E-state index is 3.51. The molecule has 0 rings (SSSR count). The molecule has 0 aliphatic heterocycles. The minimum atomic E-state index is 0.705. The lowest BCUT2D eigenvalue weighted by atomic mass is 10.1. The summed E-state index contributed by atoms with van der Waals surface area (Å²) in [5, 5.41) is 3.51. The average molecular weight is 171 g/mol. The van der Waals surface area contributed by atoms with Gasteiger partial charge in [-0.05, 0) is 26.3 Å². The van der Waals surface area contributed by atoms with E-state index in [0.717, 1.165) is 0 Å². The van der Waals surface area contributed by atoms with E-state index in [1.54, 1.807) is 0 Å². The molecule has 0 aliphatic rings. The average Bonchev–Trinajstić information content (AvgIpc) is 2.10. The zero-order valence-electron chi connectivity index (χ0n) is 9.03. The van der Waals surface area contributed by atoms with Crippen LogP contribution in [0.2, 0.25) is 0 Å². The summed E-state index contributed by atoms with van der Waals surface area (Å²) in [6.45, 7) is 7.96.